The number of fused-ring (bicyclic) bond motifs is 2. The van der Waals surface area contributed by atoms with Crippen molar-refractivity contribution in [3.63, 3.8) is 0 Å². The third-order valence-corrected chi connectivity index (χ3v) is 5.45. The van der Waals surface area contributed by atoms with Gasteiger partial charge in [-0.15, -0.1) is 5.10 Å². The van der Waals surface area contributed by atoms with Crippen LogP contribution in [0.3, 0.4) is 0 Å². The Labute approximate surface area is 145 Å². The molecule has 0 radical (unpaired) electrons. The maximum Gasteiger partial charge on any atom is 0.276 e. The van der Waals surface area contributed by atoms with E-state index in [1.807, 2.05) is 30.1 Å². The first-order chi connectivity index (χ1) is 11.6. The average molecular weight is 346 g/mol. The van der Waals surface area contributed by atoms with Gasteiger partial charge in [0.2, 0.25) is 0 Å². The van der Waals surface area contributed by atoms with Gasteiger partial charge in [0.05, 0.1) is 16.9 Å². The molecule has 2 atom stereocenters. The molecule has 1 N–H and O–H groups in total. The lowest BCUT2D eigenvalue weighted by atomic mass is 9.98. The van der Waals surface area contributed by atoms with Gasteiger partial charge in [-0.2, -0.15) is 0 Å². The zero-order valence-electron chi connectivity index (χ0n) is 13.5. The van der Waals surface area contributed by atoms with E-state index in [2.05, 4.69) is 15.6 Å². The summed E-state index contributed by atoms with van der Waals surface area (Å²) in [6.45, 7) is 0. The average Bonchev–Trinajstić information content (AvgIpc) is 3.20. The minimum Gasteiger partial charge on any atom is -0.337 e. The van der Waals surface area contributed by atoms with Crippen molar-refractivity contribution >= 4 is 17.5 Å². The molecule has 2 fully saturated rings. The van der Waals surface area contributed by atoms with E-state index in [9.17, 15) is 4.79 Å². The van der Waals surface area contributed by atoms with E-state index in [0.29, 0.717) is 28.5 Å². The molecule has 2 saturated heterocycles. The number of hydrogen-bond donors (Lipinski definition) is 1. The van der Waals surface area contributed by atoms with Gasteiger partial charge in [-0.1, -0.05) is 28.9 Å². The van der Waals surface area contributed by atoms with Crippen LogP contribution in [0.2, 0.25) is 5.02 Å². The highest BCUT2D eigenvalue weighted by molar-refractivity contribution is 6.32. The summed E-state index contributed by atoms with van der Waals surface area (Å²) < 4.78 is 1.55. The summed E-state index contributed by atoms with van der Waals surface area (Å²) in [6.07, 6.45) is 6.10. The number of rotatable bonds is 3. The number of carbonyl (C=O) groups excluding carboxylic acids is 1. The standard InChI is InChI=1S/C17H20ClN5O/c1-22(13-8-11-6-7-12(9-13)19-11)17(24)15-10-23(21-20-15)16-5-3-2-4-14(16)18/h2-5,10-13,19H,6-9H2,1H3. The first kappa shape index (κ1) is 15.6. The van der Waals surface area contributed by atoms with Gasteiger partial charge in [0, 0.05) is 25.2 Å². The highest BCUT2D eigenvalue weighted by atomic mass is 35.5. The van der Waals surface area contributed by atoms with Crippen LogP contribution in [0, 0.1) is 0 Å². The van der Waals surface area contributed by atoms with Gasteiger partial charge < -0.3 is 10.2 Å². The summed E-state index contributed by atoms with van der Waals surface area (Å²) in [5, 5.41) is 12.3. The first-order valence-corrected chi connectivity index (χ1v) is 8.70. The smallest absolute Gasteiger partial charge is 0.276 e. The van der Waals surface area contributed by atoms with Crippen LogP contribution in [0.5, 0.6) is 0 Å². The maximum atomic E-state index is 12.8. The van der Waals surface area contributed by atoms with Gasteiger partial charge >= 0.3 is 0 Å². The lowest BCUT2D eigenvalue weighted by Gasteiger charge is -2.35. The minimum atomic E-state index is -0.0837. The van der Waals surface area contributed by atoms with Crippen LogP contribution in [0.1, 0.15) is 36.2 Å². The molecule has 2 unspecified atom stereocenters. The Morgan fingerprint density at radius 2 is 2.00 bits per heavy atom. The Morgan fingerprint density at radius 3 is 2.71 bits per heavy atom. The summed E-state index contributed by atoms with van der Waals surface area (Å²) >= 11 is 6.18. The zero-order valence-corrected chi connectivity index (χ0v) is 14.3. The molecule has 0 aliphatic carbocycles. The Bertz CT molecular complexity index is 749. The molecule has 0 saturated carbocycles. The van der Waals surface area contributed by atoms with Crippen LogP contribution in [0.4, 0.5) is 0 Å². The summed E-state index contributed by atoms with van der Waals surface area (Å²) in [4.78, 5) is 14.6. The highest BCUT2D eigenvalue weighted by Crippen LogP contribution is 2.29. The van der Waals surface area contributed by atoms with E-state index in [-0.39, 0.29) is 11.9 Å². The van der Waals surface area contributed by atoms with E-state index in [1.54, 1.807) is 16.9 Å². The van der Waals surface area contributed by atoms with Crippen molar-refractivity contribution in [2.45, 2.75) is 43.8 Å². The number of amides is 1. The number of hydrogen-bond acceptors (Lipinski definition) is 4. The normalized spacial score (nSPS) is 25.7. The molecular formula is C17H20ClN5O. The van der Waals surface area contributed by atoms with Gasteiger partial charge in [0.25, 0.3) is 5.91 Å². The number of carbonyl (C=O) groups is 1. The summed E-state index contributed by atoms with van der Waals surface area (Å²) in [5.41, 5.74) is 1.07. The van der Waals surface area contributed by atoms with Crippen molar-refractivity contribution in [3.8, 4) is 5.69 Å². The molecular weight excluding hydrogens is 326 g/mol. The largest absolute Gasteiger partial charge is 0.337 e. The number of piperidine rings is 1. The second kappa shape index (κ2) is 6.18. The molecule has 24 heavy (non-hydrogen) atoms. The van der Waals surface area contributed by atoms with Crippen LogP contribution in [0.15, 0.2) is 30.5 Å². The Hall–Kier alpha value is -1.92. The monoisotopic (exact) mass is 345 g/mol. The van der Waals surface area contributed by atoms with Crippen LogP contribution < -0.4 is 5.32 Å². The summed E-state index contributed by atoms with van der Waals surface area (Å²) in [7, 11) is 1.87. The molecule has 7 heteroatoms. The fourth-order valence-electron chi connectivity index (χ4n) is 3.81. The first-order valence-electron chi connectivity index (χ1n) is 8.32. The molecule has 1 aromatic heterocycles. The Morgan fingerprint density at radius 1 is 1.29 bits per heavy atom. The molecule has 2 aromatic rings. The van der Waals surface area contributed by atoms with E-state index >= 15 is 0 Å². The fourth-order valence-corrected chi connectivity index (χ4v) is 4.03. The van der Waals surface area contributed by atoms with Crippen LogP contribution in [-0.4, -0.2) is 51.0 Å². The molecule has 2 aliphatic rings. The predicted octanol–water partition coefficient (Wildman–Crippen LogP) is 2.28. The molecule has 0 spiro atoms. The third-order valence-electron chi connectivity index (χ3n) is 5.13. The molecule has 1 amide bonds. The summed E-state index contributed by atoms with van der Waals surface area (Å²) in [5.74, 6) is -0.0837. The van der Waals surface area contributed by atoms with Crippen molar-refractivity contribution in [2.24, 2.45) is 0 Å². The van der Waals surface area contributed by atoms with Crippen LogP contribution >= 0.6 is 11.6 Å². The number of para-hydroxylation sites is 1. The highest BCUT2D eigenvalue weighted by Gasteiger charge is 2.37. The molecule has 6 nitrogen and oxygen atoms in total. The fraction of sp³-hybridized carbons (Fsp3) is 0.471. The molecule has 3 heterocycles. The van der Waals surface area contributed by atoms with Crippen molar-refractivity contribution < 1.29 is 4.79 Å². The lowest BCUT2D eigenvalue weighted by molar-refractivity contribution is 0.0675. The maximum absolute atomic E-state index is 12.8. The van der Waals surface area contributed by atoms with E-state index in [1.165, 1.54) is 12.8 Å². The third kappa shape index (κ3) is 2.80. The van der Waals surface area contributed by atoms with Crippen LogP contribution in [0.25, 0.3) is 5.69 Å². The molecule has 1 aromatic carbocycles. The number of nitrogens with one attached hydrogen (secondary N) is 1. The SMILES string of the molecule is CN(C(=O)c1cn(-c2ccccc2Cl)nn1)C1CC2CCC(C1)N2. The van der Waals surface area contributed by atoms with Crippen molar-refractivity contribution in [3.05, 3.63) is 41.2 Å². The van der Waals surface area contributed by atoms with Crippen molar-refractivity contribution in [1.29, 1.82) is 0 Å². The molecule has 4 rings (SSSR count). The quantitative estimate of drug-likeness (QED) is 0.927. The molecule has 126 valence electrons. The molecule has 2 aliphatic heterocycles. The van der Waals surface area contributed by atoms with Gasteiger partial charge in [-0.3, -0.25) is 4.79 Å². The van der Waals surface area contributed by atoms with Gasteiger partial charge in [0.1, 0.15) is 0 Å². The van der Waals surface area contributed by atoms with Crippen molar-refractivity contribution in [1.82, 2.24) is 25.2 Å². The van der Waals surface area contributed by atoms with E-state index in [0.717, 1.165) is 12.8 Å². The predicted molar refractivity (Wildman–Crippen MR) is 91.4 cm³/mol. The lowest BCUT2D eigenvalue weighted by Crippen LogP contribution is -2.48. The van der Waals surface area contributed by atoms with Crippen LogP contribution in [-0.2, 0) is 0 Å². The second-order valence-corrected chi connectivity index (χ2v) is 7.09. The number of halogens is 1. The van der Waals surface area contributed by atoms with E-state index < -0.39 is 0 Å². The Kier molecular flexibility index (Phi) is 4.02. The summed E-state index contributed by atoms with van der Waals surface area (Å²) in [6, 6.07) is 8.72. The molecule has 2 bridgehead atoms. The van der Waals surface area contributed by atoms with Gasteiger partial charge in [0.15, 0.2) is 5.69 Å². The zero-order chi connectivity index (χ0) is 16.7. The second-order valence-electron chi connectivity index (χ2n) is 6.68. The van der Waals surface area contributed by atoms with E-state index in [4.69, 9.17) is 11.6 Å². The number of aromatic nitrogens is 3. The van der Waals surface area contributed by atoms with Gasteiger partial charge in [-0.25, -0.2) is 4.68 Å². The number of benzene rings is 1. The minimum absolute atomic E-state index is 0.0837. The topological polar surface area (TPSA) is 63.1 Å². The Balaban J connectivity index is 1.52. The number of nitrogens with zero attached hydrogens (tertiary/aromatic N) is 4. The van der Waals surface area contributed by atoms with Gasteiger partial charge in [-0.05, 0) is 37.8 Å². The van der Waals surface area contributed by atoms with Crippen molar-refractivity contribution in [2.75, 3.05) is 7.05 Å².